The van der Waals surface area contributed by atoms with Gasteiger partial charge in [0.25, 0.3) is 5.91 Å². The van der Waals surface area contributed by atoms with Gasteiger partial charge in [0.05, 0.1) is 23.6 Å². The van der Waals surface area contributed by atoms with Crippen molar-refractivity contribution in [3.63, 3.8) is 0 Å². The Bertz CT molecular complexity index is 1530. The Kier molecular flexibility index (Phi) is 7.01. The summed E-state index contributed by atoms with van der Waals surface area (Å²) in [6.07, 6.45) is 2.28. The lowest BCUT2D eigenvalue weighted by Gasteiger charge is -2.26. The number of hydrogen-bond donors (Lipinski definition) is 0. The molecule has 0 bridgehead atoms. The van der Waals surface area contributed by atoms with E-state index >= 15 is 0 Å². The van der Waals surface area contributed by atoms with Gasteiger partial charge in [-0.1, -0.05) is 60.7 Å². The molecule has 0 N–H and O–H groups in total. The normalized spacial score (nSPS) is 14.6. The first kappa shape index (κ1) is 24.7. The molecule has 5 rings (SSSR count). The summed E-state index contributed by atoms with van der Waals surface area (Å²) in [5.41, 5.74) is 2.17. The topological polar surface area (TPSA) is 69.0 Å². The molecule has 188 valence electrons. The van der Waals surface area contributed by atoms with Gasteiger partial charge < -0.3 is 18.8 Å². The molecule has 0 fully saturated rings. The number of carbonyl (C=O) groups is 1. The summed E-state index contributed by atoms with van der Waals surface area (Å²) in [6, 6.07) is 19.6. The molecule has 6 nitrogen and oxygen atoms in total. The highest BCUT2D eigenvalue weighted by Crippen LogP contribution is 2.41. The molecule has 7 heteroatoms. The molecule has 1 amide bonds. The molecule has 0 saturated carbocycles. The van der Waals surface area contributed by atoms with Crippen LogP contribution in [0.25, 0.3) is 11.0 Å². The average molecular weight is 516 g/mol. The highest BCUT2D eigenvalue weighted by Gasteiger charge is 2.42. The number of rotatable bonds is 9. The van der Waals surface area contributed by atoms with Gasteiger partial charge in [-0.25, -0.2) is 0 Å². The van der Waals surface area contributed by atoms with Crippen molar-refractivity contribution in [1.82, 2.24) is 4.90 Å². The number of halogens is 1. The summed E-state index contributed by atoms with van der Waals surface area (Å²) in [4.78, 5) is 29.2. The van der Waals surface area contributed by atoms with Crippen molar-refractivity contribution in [2.24, 2.45) is 0 Å². The van der Waals surface area contributed by atoms with Crippen LogP contribution in [0, 0.1) is 0 Å². The Morgan fingerprint density at radius 3 is 2.59 bits per heavy atom. The van der Waals surface area contributed by atoms with E-state index in [1.54, 1.807) is 35.2 Å². The van der Waals surface area contributed by atoms with E-state index in [1.165, 1.54) is 0 Å². The van der Waals surface area contributed by atoms with Crippen LogP contribution >= 0.6 is 11.6 Å². The van der Waals surface area contributed by atoms with Crippen molar-refractivity contribution in [2.75, 3.05) is 19.8 Å². The average Bonchev–Trinajstić information content (AvgIpc) is 3.19. The first-order valence-electron chi connectivity index (χ1n) is 12.1. The zero-order valence-corrected chi connectivity index (χ0v) is 21.2. The Hall–Kier alpha value is -4.03. The van der Waals surface area contributed by atoms with Gasteiger partial charge in [0.2, 0.25) is 5.76 Å². The van der Waals surface area contributed by atoms with Gasteiger partial charge in [-0.05, 0) is 54.8 Å². The van der Waals surface area contributed by atoms with Crippen molar-refractivity contribution in [3.8, 4) is 11.5 Å². The van der Waals surface area contributed by atoms with E-state index in [4.69, 9.17) is 25.5 Å². The zero-order chi connectivity index (χ0) is 25.9. The third kappa shape index (κ3) is 4.72. The van der Waals surface area contributed by atoms with Gasteiger partial charge >= 0.3 is 0 Å². The predicted molar refractivity (Wildman–Crippen MR) is 144 cm³/mol. The first-order chi connectivity index (χ1) is 18.0. The maximum Gasteiger partial charge on any atom is 0.290 e. The predicted octanol–water partition coefficient (Wildman–Crippen LogP) is 6.20. The summed E-state index contributed by atoms with van der Waals surface area (Å²) in [5, 5.41) is 0.758. The Morgan fingerprint density at radius 1 is 1.03 bits per heavy atom. The Balaban J connectivity index is 1.65. The molecular weight excluding hydrogens is 490 g/mol. The number of nitrogens with zero attached hydrogens (tertiary/aromatic N) is 1. The van der Waals surface area contributed by atoms with E-state index in [1.807, 2.05) is 49.4 Å². The van der Waals surface area contributed by atoms with Gasteiger partial charge in [-0.2, -0.15) is 0 Å². The number of benzene rings is 3. The van der Waals surface area contributed by atoms with Crippen LogP contribution in [0.15, 0.2) is 88.6 Å². The van der Waals surface area contributed by atoms with E-state index in [-0.39, 0.29) is 17.1 Å². The van der Waals surface area contributed by atoms with Crippen LogP contribution in [0.3, 0.4) is 0 Å². The molecule has 3 aromatic carbocycles. The Labute approximate surface area is 219 Å². The lowest BCUT2D eigenvalue weighted by atomic mass is 9.97. The molecule has 0 radical (unpaired) electrons. The number of ether oxygens (including phenoxy) is 2. The highest BCUT2D eigenvalue weighted by molar-refractivity contribution is 6.31. The SMILES string of the molecule is C=CCOc1ccc(C2c3c(oc4ccc(Cl)cc4c3=O)C(=O)N2CCc2ccccc2)cc1OCC. The monoisotopic (exact) mass is 515 g/mol. The third-order valence-electron chi connectivity index (χ3n) is 6.35. The summed E-state index contributed by atoms with van der Waals surface area (Å²) in [7, 11) is 0. The van der Waals surface area contributed by atoms with Crippen molar-refractivity contribution in [2.45, 2.75) is 19.4 Å². The molecule has 4 aromatic rings. The lowest BCUT2D eigenvalue weighted by molar-refractivity contribution is 0.0729. The van der Waals surface area contributed by atoms with Crippen LogP contribution in [-0.4, -0.2) is 30.6 Å². The Morgan fingerprint density at radius 2 is 1.84 bits per heavy atom. The van der Waals surface area contributed by atoms with E-state index in [2.05, 4.69) is 6.58 Å². The maximum atomic E-state index is 13.8. The summed E-state index contributed by atoms with van der Waals surface area (Å²) >= 11 is 6.19. The molecular formula is C30H26ClNO5. The minimum Gasteiger partial charge on any atom is -0.490 e. The van der Waals surface area contributed by atoms with Crippen LogP contribution in [0.4, 0.5) is 0 Å². The largest absolute Gasteiger partial charge is 0.490 e. The molecule has 1 atom stereocenters. The fraction of sp³-hybridized carbons (Fsp3) is 0.200. The summed E-state index contributed by atoms with van der Waals surface area (Å²) < 4.78 is 17.6. The van der Waals surface area contributed by atoms with E-state index in [9.17, 15) is 9.59 Å². The number of hydrogen-bond acceptors (Lipinski definition) is 5. The molecule has 0 aliphatic carbocycles. The maximum absolute atomic E-state index is 13.8. The van der Waals surface area contributed by atoms with E-state index in [0.717, 1.165) is 11.1 Å². The van der Waals surface area contributed by atoms with Crippen LogP contribution in [0.2, 0.25) is 5.02 Å². The van der Waals surface area contributed by atoms with Crippen molar-refractivity contribution in [1.29, 1.82) is 0 Å². The second-order valence-electron chi connectivity index (χ2n) is 8.69. The van der Waals surface area contributed by atoms with Crippen molar-refractivity contribution in [3.05, 3.63) is 117 Å². The van der Waals surface area contributed by atoms with Gasteiger partial charge in [0.1, 0.15) is 12.2 Å². The fourth-order valence-corrected chi connectivity index (χ4v) is 4.87. The molecule has 37 heavy (non-hydrogen) atoms. The number of carbonyl (C=O) groups excluding carboxylic acids is 1. The number of amides is 1. The fourth-order valence-electron chi connectivity index (χ4n) is 4.69. The summed E-state index contributed by atoms with van der Waals surface area (Å²) in [6.45, 7) is 6.73. The number of fused-ring (bicyclic) bond motifs is 2. The molecule has 0 saturated heterocycles. The van der Waals surface area contributed by atoms with Crippen molar-refractivity contribution >= 4 is 28.5 Å². The lowest BCUT2D eigenvalue weighted by Crippen LogP contribution is -2.31. The van der Waals surface area contributed by atoms with Crippen LogP contribution in [-0.2, 0) is 6.42 Å². The van der Waals surface area contributed by atoms with Gasteiger partial charge in [0, 0.05) is 11.6 Å². The standard InChI is InChI=1S/C30H26ClNO5/c1-3-16-36-24-12-10-20(17-25(24)35-4-2)27-26-28(33)22-18-21(31)11-13-23(22)37-29(26)30(34)32(27)15-14-19-8-6-5-7-9-19/h3,5-13,17-18,27H,1,4,14-16H2,2H3. The smallest absolute Gasteiger partial charge is 0.290 e. The first-order valence-corrected chi connectivity index (χ1v) is 12.5. The third-order valence-corrected chi connectivity index (χ3v) is 6.59. The summed E-state index contributed by atoms with van der Waals surface area (Å²) in [5.74, 6) is 0.819. The van der Waals surface area contributed by atoms with Crippen LogP contribution < -0.4 is 14.9 Å². The molecule has 1 unspecified atom stereocenters. The highest BCUT2D eigenvalue weighted by atomic mass is 35.5. The molecule has 2 heterocycles. The minimum atomic E-state index is -0.654. The van der Waals surface area contributed by atoms with Crippen molar-refractivity contribution < 1.29 is 18.7 Å². The molecule has 0 spiro atoms. The van der Waals surface area contributed by atoms with Gasteiger partial charge in [-0.3, -0.25) is 9.59 Å². The van der Waals surface area contributed by atoms with E-state index < -0.39 is 6.04 Å². The second kappa shape index (κ2) is 10.5. The van der Waals surface area contributed by atoms with E-state index in [0.29, 0.717) is 59.2 Å². The quantitative estimate of drug-likeness (QED) is 0.248. The van der Waals surface area contributed by atoms with Crippen LogP contribution in [0.1, 0.15) is 40.2 Å². The van der Waals surface area contributed by atoms with Gasteiger partial charge in [-0.15, -0.1) is 0 Å². The van der Waals surface area contributed by atoms with Gasteiger partial charge in [0.15, 0.2) is 16.9 Å². The zero-order valence-electron chi connectivity index (χ0n) is 20.4. The second-order valence-corrected chi connectivity index (χ2v) is 9.13. The minimum absolute atomic E-state index is 0.0582. The molecule has 1 aliphatic heterocycles. The van der Waals surface area contributed by atoms with Crippen LogP contribution in [0.5, 0.6) is 11.5 Å². The molecule has 1 aromatic heterocycles. The molecule has 1 aliphatic rings.